The number of hydrogen-bond acceptors (Lipinski definition) is 6. The van der Waals surface area contributed by atoms with Crippen LogP contribution in [0.3, 0.4) is 0 Å². The van der Waals surface area contributed by atoms with Gasteiger partial charge in [0.1, 0.15) is 0 Å². The maximum Gasteiger partial charge on any atom is 0.239 e. The summed E-state index contributed by atoms with van der Waals surface area (Å²) in [4.78, 5) is 25.5. The number of allylic oxidation sites excluding steroid dienone is 1. The van der Waals surface area contributed by atoms with Crippen molar-refractivity contribution in [1.82, 2.24) is 10.7 Å². The predicted octanol–water partition coefficient (Wildman–Crippen LogP) is 2.70. The number of hydrazone groups is 1. The van der Waals surface area contributed by atoms with Gasteiger partial charge >= 0.3 is 0 Å². The molecule has 6 nitrogen and oxygen atoms in total. The first kappa shape index (κ1) is 15.0. The van der Waals surface area contributed by atoms with Gasteiger partial charge in [-0.1, -0.05) is 36.4 Å². The second-order valence-corrected chi connectivity index (χ2v) is 5.38. The lowest BCUT2D eigenvalue weighted by Gasteiger charge is -2.26. The first-order chi connectivity index (χ1) is 12.0. The highest BCUT2D eigenvalue weighted by molar-refractivity contribution is 6.30. The van der Waals surface area contributed by atoms with Gasteiger partial charge in [0.2, 0.25) is 11.9 Å². The van der Waals surface area contributed by atoms with Crippen LogP contribution in [0.25, 0.3) is 0 Å². The Morgan fingerprint density at radius 1 is 0.920 bits per heavy atom. The zero-order valence-corrected chi connectivity index (χ0v) is 12.6. The topological polar surface area (TPSA) is 73.8 Å². The van der Waals surface area contributed by atoms with Crippen LogP contribution in [0.15, 0.2) is 59.6 Å². The van der Waals surface area contributed by atoms with Crippen LogP contribution < -0.4 is 10.9 Å². The van der Waals surface area contributed by atoms with Crippen LogP contribution in [0.5, 0.6) is 0 Å². The standard InChI is InChI=1S/C17H10F2N4O2/c18-13-8-14(19)22-23(21-13)20-12-7-3-6-11-15(12)17(25)10-5-2-1-4-9(10)16(11)24/h1-8,20-21H. The molecule has 1 aliphatic carbocycles. The summed E-state index contributed by atoms with van der Waals surface area (Å²) in [5.41, 5.74) is 5.87. The van der Waals surface area contributed by atoms with Crippen LogP contribution in [0.2, 0.25) is 0 Å². The lowest BCUT2D eigenvalue weighted by Crippen LogP contribution is -2.40. The summed E-state index contributed by atoms with van der Waals surface area (Å²) >= 11 is 0. The van der Waals surface area contributed by atoms with Gasteiger partial charge in [0.15, 0.2) is 11.6 Å². The lowest BCUT2D eigenvalue weighted by molar-refractivity contribution is 0.0979. The number of benzene rings is 2. The minimum Gasteiger partial charge on any atom is -0.289 e. The third kappa shape index (κ3) is 2.44. The molecule has 0 saturated heterocycles. The molecule has 0 bridgehead atoms. The van der Waals surface area contributed by atoms with Crippen molar-refractivity contribution in [2.75, 3.05) is 5.43 Å². The maximum absolute atomic E-state index is 13.3. The van der Waals surface area contributed by atoms with Gasteiger partial charge in [0.05, 0.1) is 11.3 Å². The van der Waals surface area contributed by atoms with E-state index < -0.39 is 11.9 Å². The maximum atomic E-state index is 13.3. The zero-order valence-electron chi connectivity index (χ0n) is 12.6. The first-order valence-corrected chi connectivity index (χ1v) is 7.31. The van der Waals surface area contributed by atoms with Crippen molar-refractivity contribution in [3.63, 3.8) is 0 Å². The van der Waals surface area contributed by atoms with Gasteiger partial charge in [0.25, 0.3) is 0 Å². The van der Waals surface area contributed by atoms with Gasteiger partial charge < -0.3 is 0 Å². The number of carbonyl (C=O) groups excluding carboxylic acids is 2. The molecule has 0 atom stereocenters. The number of halogens is 2. The lowest BCUT2D eigenvalue weighted by atomic mass is 9.83. The molecule has 2 aromatic carbocycles. The normalized spacial score (nSPS) is 15.7. The van der Waals surface area contributed by atoms with E-state index in [1.165, 1.54) is 12.1 Å². The van der Waals surface area contributed by atoms with Gasteiger partial charge in [-0.05, 0) is 6.07 Å². The molecule has 0 amide bonds. The molecule has 1 aliphatic heterocycles. The average Bonchev–Trinajstić information content (AvgIpc) is 2.59. The van der Waals surface area contributed by atoms with Crippen molar-refractivity contribution < 1.29 is 18.4 Å². The van der Waals surface area contributed by atoms with Gasteiger partial charge in [0, 0.05) is 22.8 Å². The highest BCUT2D eigenvalue weighted by Gasteiger charge is 2.31. The van der Waals surface area contributed by atoms with E-state index in [0.29, 0.717) is 16.9 Å². The molecular formula is C17H10F2N4O2. The summed E-state index contributed by atoms with van der Waals surface area (Å²) in [6, 6.07) is 11.1. The van der Waals surface area contributed by atoms with Crippen molar-refractivity contribution in [1.29, 1.82) is 0 Å². The molecule has 2 aromatic rings. The highest BCUT2D eigenvalue weighted by Crippen LogP contribution is 2.32. The van der Waals surface area contributed by atoms with Crippen LogP contribution in [-0.4, -0.2) is 22.8 Å². The molecule has 4 rings (SSSR count). The second-order valence-electron chi connectivity index (χ2n) is 5.38. The number of hydrogen-bond donors (Lipinski definition) is 2. The number of rotatable bonds is 2. The quantitative estimate of drug-likeness (QED) is 0.702. The smallest absolute Gasteiger partial charge is 0.239 e. The second kappa shape index (κ2) is 5.52. The van der Waals surface area contributed by atoms with Crippen LogP contribution in [0, 0.1) is 0 Å². The minimum absolute atomic E-state index is 0.124. The number of carbonyl (C=O) groups is 2. The van der Waals surface area contributed by atoms with Crippen LogP contribution in [0.1, 0.15) is 31.8 Å². The predicted molar refractivity (Wildman–Crippen MR) is 86.1 cm³/mol. The van der Waals surface area contributed by atoms with Crippen molar-refractivity contribution >= 4 is 23.2 Å². The summed E-state index contributed by atoms with van der Waals surface area (Å²) in [6.07, 6.45) is 0.573. The van der Waals surface area contributed by atoms with Gasteiger partial charge in [-0.15, -0.1) is 10.3 Å². The Kier molecular flexibility index (Phi) is 3.31. The molecule has 0 saturated carbocycles. The largest absolute Gasteiger partial charge is 0.289 e. The number of ketones is 2. The van der Waals surface area contributed by atoms with E-state index in [4.69, 9.17) is 0 Å². The minimum atomic E-state index is -1.05. The van der Waals surface area contributed by atoms with Crippen molar-refractivity contribution in [2.24, 2.45) is 5.10 Å². The SMILES string of the molecule is O=C1c2ccccc2C(=O)c2c(NN3N=C(F)C=C(F)N3)cccc21. The summed E-state index contributed by atoms with van der Waals surface area (Å²) in [7, 11) is 0. The van der Waals surface area contributed by atoms with Gasteiger partial charge in [-0.3, -0.25) is 15.0 Å². The van der Waals surface area contributed by atoms with Crippen LogP contribution >= 0.6 is 0 Å². The number of anilines is 1. The summed E-state index contributed by atoms with van der Waals surface area (Å²) in [6.45, 7) is 0. The molecular weight excluding hydrogens is 330 g/mol. The van der Waals surface area contributed by atoms with E-state index in [0.717, 1.165) is 0 Å². The van der Waals surface area contributed by atoms with Gasteiger partial charge in [-0.2, -0.15) is 8.78 Å². The van der Waals surface area contributed by atoms with Crippen LogP contribution in [0.4, 0.5) is 14.5 Å². The fourth-order valence-corrected chi connectivity index (χ4v) is 2.79. The van der Waals surface area contributed by atoms with Crippen molar-refractivity contribution in [2.45, 2.75) is 0 Å². The van der Waals surface area contributed by atoms with Crippen molar-refractivity contribution in [3.05, 3.63) is 76.7 Å². The molecule has 0 radical (unpaired) electrons. The van der Waals surface area contributed by atoms with E-state index in [2.05, 4.69) is 16.0 Å². The van der Waals surface area contributed by atoms with Crippen molar-refractivity contribution in [3.8, 4) is 0 Å². The molecule has 1 heterocycles. The Balaban J connectivity index is 1.77. The number of hydrazine groups is 2. The Labute approximate surface area is 140 Å². The first-order valence-electron chi connectivity index (χ1n) is 7.31. The van der Waals surface area contributed by atoms with Crippen LogP contribution in [-0.2, 0) is 0 Å². The average molecular weight is 340 g/mol. The molecule has 0 aromatic heterocycles. The number of fused-ring (bicyclic) bond motifs is 2. The summed E-state index contributed by atoms with van der Waals surface area (Å²) in [5.74, 6) is -2.66. The fraction of sp³-hybridized carbons (Fsp3) is 0. The fourth-order valence-electron chi connectivity index (χ4n) is 2.79. The summed E-state index contributed by atoms with van der Waals surface area (Å²) in [5, 5.41) is 4.11. The molecule has 0 fully saturated rings. The number of nitrogens with one attached hydrogen (secondary N) is 2. The molecule has 2 aliphatic rings. The number of nitrogens with zero attached hydrogens (tertiary/aromatic N) is 2. The molecule has 0 unspecified atom stereocenters. The van der Waals surface area contributed by atoms with E-state index in [-0.39, 0.29) is 33.9 Å². The molecule has 8 heteroatoms. The van der Waals surface area contributed by atoms with E-state index in [1.54, 1.807) is 30.3 Å². The Hall–Kier alpha value is -3.55. The molecule has 25 heavy (non-hydrogen) atoms. The van der Waals surface area contributed by atoms with E-state index in [1.807, 2.05) is 0 Å². The van der Waals surface area contributed by atoms with Gasteiger partial charge in [-0.25, -0.2) is 5.43 Å². The highest BCUT2D eigenvalue weighted by atomic mass is 19.1. The zero-order chi connectivity index (χ0) is 17.6. The Morgan fingerprint density at radius 2 is 1.60 bits per heavy atom. The summed E-state index contributed by atoms with van der Waals surface area (Å²) < 4.78 is 26.5. The molecule has 2 N–H and O–H groups in total. The van der Waals surface area contributed by atoms with E-state index >= 15 is 0 Å². The molecule has 0 spiro atoms. The molecule has 124 valence electrons. The monoisotopic (exact) mass is 340 g/mol. The van der Waals surface area contributed by atoms with E-state index in [9.17, 15) is 18.4 Å². The Bertz CT molecular complexity index is 984. The Morgan fingerprint density at radius 3 is 2.32 bits per heavy atom. The third-order valence-corrected chi connectivity index (χ3v) is 3.83. The third-order valence-electron chi connectivity index (χ3n) is 3.83.